The van der Waals surface area contributed by atoms with Crippen molar-refractivity contribution in [2.75, 3.05) is 0 Å². The van der Waals surface area contributed by atoms with E-state index in [-0.39, 0.29) is 11.5 Å². The van der Waals surface area contributed by atoms with E-state index in [1.54, 1.807) is 13.8 Å². The fraction of sp³-hybridized carbons (Fsp3) is 0.444. The molecule has 0 saturated heterocycles. The molecule has 0 bridgehead atoms. The van der Waals surface area contributed by atoms with E-state index >= 15 is 0 Å². The summed E-state index contributed by atoms with van der Waals surface area (Å²) in [6.45, 7) is 3.47. The van der Waals surface area contributed by atoms with Crippen molar-refractivity contribution in [2.45, 2.75) is 20.3 Å². The van der Waals surface area contributed by atoms with E-state index in [1.807, 2.05) is 0 Å². The Morgan fingerprint density at radius 1 is 1.21 bits per heavy atom. The van der Waals surface area contributed by atoms with Gasteiger partial charge in [-0.1, -0.05) is 19.9 Å². The van der Waals surface area contributed by atoms with Crippen molar-refractivity contribution in [3.63, 3.8) is 0 Å². The van der Waals surface area contributed by atoms with Crippen LogP contribution in [0.3, 0.4) is 0 Å². The molecule has 0 aliphatic heterocycles. The highest BCUT2D eigenvalue weighted by molar-refractivity contribution is 6.40. The summed E-state index contributed by atoms with van der Waals surface area (Å²) in [6.07, 6.45) is 0.799. The van der Waals surface area contributed by atoms with E-state index in [2.05, 4.69) is 0 Å². The molecule has 0 aliphatic carbocycles. The second-order valence-corrected chi connectivity index (χ2v) is 3.14. The van der Waals surface area contributed by atoms with Crippen LogP contribution in [0.4, 0.5) is 0 Å². The maximum Gasteiger partial charge on any atom is 0.376 e. The molecule has 0 saturated carbocycles. The van der Waals surface area contributed by atoms with Gasteiger partial charge in [0.2, 0.25) is 0 Å². The van der Waals surface area contributed by atoms with Crippen molar-refractivity contribution in [2.24, 2.45) is 5.92 Å². The Balaban J connectivity index is 4.82. The van der Waals surface area contributed by atoms with E-state index in [0.29, 0.717) is 0 Å². The minimum Gasteiger partial charge on any atom is -0.481 e. The summed E-state index contributed by atoms with van der Waals surface area (Å²) < 4.78 is 0. The summed E-state index contributed by atoms with van der Waals surface area (Å²) in [4.78, 5) is 31.6. The molecule has 0 aromatic carbocycles. The van der Waals surface area contributed by atoms with Crippen molar-refractivity contribution in [1.29, 1.82) is 0 Å². The summed E-state index contributed by atoms with van der Waals surface area (Å²) in [6, 6.07) is 0. The monoisotopic (exact) mass is 200 g/mol. The third-order valence-electron chi connectivity index (χ3n) is 1.36. The summed E-state index contributed by atoms with van der Waals surface area (Å²) >= 11 is 0. The number of carbonyl (C=O) groups excluding carboxylic acids is 1. The molecular formula is C9H12O5. The molecule has 0 rings (SSSR count). The Kier molecular flexibility index (Phi) is 4.55. The van der Waals surface area contributed by atoms with Gasteiger partial charge < -0.3 is 10.2 Å². The van der Waals surface area contributed by atoms with Crippen LogP contribution in [0.1, 0.15) is 20.3 Å². The van der Waals surface area contributed by atoms with Gasteiger partial charge in [0.25, 0.3) is 5.78 Å². The van der Waals surface area contributed by atoms with E-state index in [1.165, 1.54) is 6.08 Å². The lowest BCUT2D eigenvalue weighted by molar-refractivity contribution is -0.147. The van der Waals surface area contributed by atoms with Gasteiger partial charge in [0.1, 0.15) is 0 Å². The van der Waals surface area contributed by atoms with Gasteiger partial charge in [-0.05, 0) is 5.92 Å². The van der Waals surface area contributed by atoms with Crippen LogP contribution in [0.2, 0.25) is 0 Å². The Morgan fingerprint density at radius 3 is 2.00 bits per heavy atom. The first kappa shape index (κ1) is 12.3. The molecule has 0 spiro atoms. The SMILES string of the molecule is CC(C)C=C(CC(=O)O)C(=O)C(=O)O. The smallest absolute Gasteiger partial charge is 0.376 e. The first-order valence-corrected chi connectivity index (χ1v) is 4.04. The third-order valence-corrected chi connectivity index (χ3v) is 1.36. The van der Waals surface area contributed by atoms with Crippen molar-refractivity contribution in [3.05, 3.63) is 11.6 Å². The first-order chi connectivity index (χ1) is 6.34. The van der Waals surface area contributed by atoms with Crippen LogP contribution >= 0.6 is 0 Å². The Hall–Kier alpha value is -1.65. The van der Waals surface area contributed by atoms with Crippen LogP contribution < -0.4 is 0 Å². The molecule has 2 N–H and O–H groups in total. The average Bonchev–Trinajstić information content (AvgIpc) is 1.99. The molecule has 0 aromatic heterocycles. The molecule has 0 heterocycles. The summed E-state index contributed by atoms with van der Waals surface area (Å²) in [7, 11) is 0. The standard InChI is InChI=1S/C9H12O5/c1-5(2)3-6(4-7(10)11)8(12)9(13)14/h3,5H,4H2,1-2H3,(H,10,11)(H,13,14). The zero-order valence-corrected chi connectivity index (χ0v) is 7.98. The maximum atomic E-state index is 11.0. The number of carboxylic acids is 2. The van der Waals surface area contributed by atoms with Crippen molar-refractivity contribution in [3.8, 4) is 0 Å². The molecule has 0 aromatic rings. The van der Waals surface area contributed by atoms with Gasteiger partial charge in [0.05, 0.1) is 6.42 Å². The van der Waals surface area contributed by atoms with Crippen LogP contribution in [-0.4, -0.2) is 27.9 Å². The van der Waals surface area contributed by atoms with Gasteiger partial charge in [-0.3, -0.25) is 9.59 Å². The fourth-order valence-electron chi connectivity index (χ4n) is 0.918. The van der Waals surface area contributed by atoms with Gasteiger partial charge in [-0.15, -0.1) is 0 Å². The van der Waals surface area contributed by atoms with Crippen molar-refractivity contribution < 1.29 is 24.6 Å². The number of ketones is 1. The number of carbonyl (C=O) groups is 3. The van der Waals surface area contributed by atoms with E-state index in [9.17, 15) is 14.4 Å². The van der Waals surface area contributed by atoms with Crippen LogP contribution in [0.15, 0.2) is 11.6 Å². The number of allylic oxidation sites excluding steroid dienone is 1. The Bertz CT molecular complexity index is 288. The summed E-state index contributed by atoms with van der Waals surface area (Å²) in [5, 5.41) is 16.8. The molecule has 78 valence electrons. The van der Waals surface area contributed by atoms with Crippen LogP contribution in [-0.2, 0) is 14.4 Å². The van der Waals surface area contributed by atoms with Crippen molar-refractivity contribution in [1.82, 2.24) is 0 Å². The lowest BCUT2D eigenvalue weighted by Crippen LogP contribution is -2.18. The maximum absolute atomic E-state index is 11.0. The third kappa shape index (κ3) is 4.39. The summed E-state index contributed by atoms with van der Waals surface area (Å²) in [5.41, 5.74) is -0.181. The fourth-order valence-corrected chi connectivity index (χ4v) is 0.918. The highest BCUT2D eigenvalue weighted by Crippen LogP contribution is 2.08. The number of aliphatic carboxylic acids is 2. The predicted octanol–water partition coefficient (Wildman–Crippen LogP) is 0.697. The number of Topliss-reactive ketones (excluding diaryl/α,β-unsaturated/α-hetero) is 1. The zero-order valence-electron chi connectivity index (χ0n) is 7.98. The minimum absolute atomic E-state index is 0.0624. The topological polar surface area (TPSA) is 91.7 Å². The van der Waals surface area contributed by atoms with Gasteiger partial charge in [-0.2, -0.15) is 0 Å². The van der Waals surface area contributed by atoms with Gasteiger partial charge in [-0.25, -0.2) is 4.79 Å². The van der Waals surface area contributed by atoms with Crippen molar-refractivity contribution >= 4 is 17.7 Å². The lowest BCUT2D eigenvalue weighted by Gasteiger charge is -2.02. The normalized spacial score (nSPS) is 11.5. The Morgan fingerprint density at radius 2 is 1.71 bits per heavy atom. The number of hydrogen-bond donors (Lipinski definition) is 2. The molecule has 5 nitrogen and oxygen atoms in total. The molecule has 0 radical (unpaired) electrons. The molecule has 0 aliphatic rings. The average molecular weight is 200 g/mol. The van der Waals surface area contributed by atoms with E-state index in [0.717, 1.165) is 0 Å². The molecule has 5 heteroatoms. The van der Waals surface area contributed by atoms with Gasteiger partial charge >= 0.3 is 11.9 Å². The van der Waals surface area contributed by atoms with Crippen LogP contribution in [0.25, 0.3) is 0 Å². The highest BCUT2D eigenvalue weighted by Gasteiger charge is 2.20. The van der Waals surface area contributed by atoms with E-state index in [4.69, 9.17) is 10.2 Å². The predicted molar refractivity (Wildman–Crippen MR) is 47.8 cm³/mol. The molecular weight excluding hydrogens is 188 g/mol. The zero-order chi connectivity index (χ0) is 11.3. The number of carboxylic acid groups (broad SMARTS) is 2. The second kappa shape index (κ2) is 5.16. The first-order valence-electron chi connectivity index (χ1n) is 4.04. The number of rotatable bonds is 5. The van der Waals surface area contributed by atoms with Crippen LogP contribution in [0.5, 0.6) is 0 Å². The van der Waals surface area contributed by atoms with Crippen LogP contribution in [0, 0.1) is 5.92 Å². The molecule has 0 unspecified atom stereocenters. The molecule has 0 fully saturated rings. The summed E-state index contributed by atoms with van der Waals surface area (Å²) in [5.74, 6) is -4.06. The van der Waals surface area contributed by atoms with Gasteiger partial charge in [0.15, 0.2) is 0 Å². The minimum atomic E-state index is -1.63. The molecule has 0 amide bonds. The quantitative estimate of drug-likeness (QED) is 0.503. The second-order valence-electron chi connectivity index (χ2n) is 3.14. The van der Waals surface area contributed by atoms with E-state index < -0.39 is 24.1 Å². The lowest BCUT2D eigenvalue weighted by atomic mass is 10.0. The number of hydrogen-bond acceptors (Lipinski definition) is 3. The van der Waals surface area contributed by atoms with Gasteiger partial charge in [0, 0.05) is 5.57 Å². The largest absolute Gasteiger partial charge is 0.481 e. The molecule has 14 heavy (non-hydrogen) atoms. The Labute approximate surface area is 81.0 Å². The highest BCUT2D eigenvalue weighted by atomic mass is 16.4. The molecule has 0 atom stereocenters.